The van der Waals surface area contributed by atoms with Crippen molar-refractivity contribution in [3.8, 4) is 0 Å². The molecule has 1 atom stereocenters. The van der Waals surface area contributed by atoms with E-state index in [1.54, 1.807) is 0 Å². The average molecular weight is 324 g/mol. The fourth-order valence-electron chi connectivity index (χ4n) is 2.37. The summed E-state index contributed by atoms with van der Waals surface area (Å²) in [6.07, 6.45) is 1.10. The summed E-state index contributed by atoms with van der Waals surface area (Å²) in [7, 11) is 0. The molecule has 1 aliphatic heterocycles. The number of rotatable bonds is 3. The van der Waals surface area contributed by atoms with Crippen molar-refractivity contribution in [3.63, 3.8) is 0 Å². The highest BCUT2D eigenvalue weighted by atomic mass is 35.5. The van der Waals surface area contributed by atoms with E-state index in [0.717, 1.165) is 34.3 Å². The molecule has 1 heterocycles. The first kappa shape index (κ1) is 14.1. The van der Waals surface area contributed by atoms with Gasteiger partial charge in [0.1, 0.15) is 0 Å². The Kier molecular flexibility index (Phi) is 4.16. The smallest absolute Gasteiger partial charge is 0.0641 e. The Morgan fingerprint density at radius 2 is 2.00 bits per heavy atom. The molecule has 4 heteroatoms. The van der Waals surface area contributed by atoms with Crippen LogP contribution in [0.3, 0.4) is 0 Å². The first-order valence-electron chi connectivity index (χ1n) is 6.57. The van der Waals surface area contributed by atoms with Crippen LogP contribution >= 0.6 is 35.0 Å². The second-order valence-electron chi connectivity index (χ2n) is 5.01. The van der Waals surface area contributed by atoms with E-state index in [9.17, 15) is 0 Å². The van der Waals surface area contributed by atoms with E-state index < -0.39 is 0 Å². The van der Waals surface area contributed by atoms with Crippen LogP contribution < -0.4 is 5.32 Å². The maximum atomic E-state index is 6.25. The van der Waals surface area contributed by atoms with Crippen LogP contribution in [0.2, 0.25) is 10.0 Å². The van der Waals surface area contributed by atoms with Gasteiger partial charge in [-0.15, -0.1) is 11.8 Å². The number of thioether (sulfide) groups is 1. The molecule has 20 heavy (non-hydrogen) atoms. The predicted octanol–water partition coefficient (Wildman–Crippen LogP) is 5.43. The lowest BCUT2D eigenvalue weighted by atomic mass is 10.1. The van der Waals surface area contributed by atoms with E-state index >= 15 is 0 Å². The highest BCUT2D eigenvalue weighted by Gasteiger charge is 2.21. The van der Waals surface area contributed by atoms with Crippen LogP contribution in [0, 0.1) is 6.92 Å². The number of hydrogen-bond acceptors (Lipinski definition) is 2. The largest absolute Gasteiger partial charge is 0.383 e. The molecule has 0 spiro atoms. The van der Waals surface area contributed by atoms with Crippen LogP contribution in [0.15, 0.2) is 41.3 Å². The molecule has 104 valence electrons. The molecule has 0 saturated carbocycles. The van der Waals surface area contributed by atoms with Gasteiger partial charge in [0, 0.05) is 21.7 Å². The minimum absolute atomic E-state index is 0.545. The summed E-state index contributed by atoms with van der Waals surface area (Å²) < 4.78 is 0. The Balaban J connectivity index is 1.66. The normalized spacial score (nSPS) is 17.1. The summed E-state index contributed by atoms with van der Waals surface area (Å²) in [6, 6.07) is 12.4. The zero-order chi connectivity index (χ0) is 14.1. The summed E-state index contributed by atoms with van der Waals surface area (Å²) in [5.41, 5.74) is 3.36. The number of hydrogen-bond donors (Lipinski definition) is 1. The van der Waals surface area contributed by atoms with Gasteiger partial charge in [-0.25, -0.2) is 0 Å². The Labute approximate surface area is 133 Å². The molecule has 1 N–H and O–H groups in total. The molecule has 2 aromatic rings. The van der Waals surface area contributed by atoms with E-state index in [1.165, 1.54) is 10.5 Å². The maximum Gasteiger partial charge on any atom is 0.0641 e. The molecule has 0 fully saturated rings. The summed E-state index contributed by atoms with van der Waals surface area (Å²) in [6.45, 7) is 2.85. The van der Waals surface area contributed by atoms with Gasteiger partial charge in [0.05, 0.1) is 10.7 Å². The number of benzene rings is 2. The standard InChI is InChI=1S/C16H15Cl2NS/c1-10-6-14(18)15(8-13(10)17)19-9-12-7-11-4-2-3-5-16(11)20-12/h2-6,8,12,19H,7,9H2,1H3. The van der Waals surface area contributed by atoms with Crippen molar-refractivity contribution in [1.29, 1.82) is 0 Å². The lowest BCUT2D eigenvalue weighted by Crippen LogP contribution is -2.16. The highest BCUT2D eigenvalue weighted by Crippen LogP contribution is 2.37. The molecule has 0 aliphatic carbocycles. The summed E-state index contributed by atoms with van der Waals surface area (Å²) in [4.78, 5) is 1.40. The Hall–Kier alpha value is -0.830. The molecule has 0 bridgehead atoms. The molecule has 2 aromatic carbocycles. The van der Waals surface area contributed by atoms with E-state index in [4.69, 9.17) is 23.2 Å². The quantitative estimate of drug-likeness (QED) is 0.808. The van der Waals surface area contributed by atoms with Crippen molar-refractivity contribution in [2.45, 2.75) is 23.5 Å². The monoisotopic (exact) mass is 323 g/mol. The second-order valence-corrected chi connectivity index (χ2v) is 7.17. The first-order valence-corrected chi connectivity index (χ1v) is 8.21. The summed E-state index contributed by atoms with van der Waals surface area (Å²) in [5, 5.41) is 5.44. The Bertz CT molecular complexity index is 617. The van der Waals surface area contributed by atoms with Crippen molar-refractivity contribution in [2.24, 2.45) is 0 Å². The van der Waals surface area contributed by atoms with Gasteiger partial charge < -0.3 is 5.32 Å². The molecular formula is C16H15Cl2NS. The topological polar surface area (TPSA) is 12.0 Å². The second kappa shape index (κ2) is 5.88. The van der Waals surface area contributed by atoms with Crippen LogP contribution in [0.1, 0.15) is 11.1 Å². The first-order chi connectivity index (χ1) is 9.63. The Morgan fingerprint density at radius 3 is 2.80 bits per heavy atom. The third-order valence-corrected chi connectivity index (χ3v) is 5.52. The minimum Gasteiger partial charge on any atom is -0.383 e. The molecule has 1 aliphatic rings. The van der Waals surface area contributed by atoms with Crippen LogP contribution in [0.5, 0.6) is 0 Å². The van der Waals surface area contributed by atoms with E-state index in [2.05, 4.69) is 29.6 Å². The molecule has 1 unspecified atom stereocenters. The molecule has 0 aromatic heterocycles. The van der Waals surface area contributed by atoms with E-state index in [0.29, 0.717) is 5.25 Å². The fourth-order valence-corrected chi connectivity index (χ4v) is 4.07. The number of aryl methyl sites for hydroxylation is 1. The van der Waals surface area contributed by atoms with Crippen molar-refractivity contribution in [1.82, 2.24) is 0 Å². The molecule has 0 saturated heterocycles. The third kappa shape index (κ3) is 2.93. The number of fused-ring (bicyclic) bond motifs is 1. The van der Waals surface area contributed by atoms with Gasteiger partial charge in [0.15, 0.2) is 0 Å². The highest BCUT2D eigenvalue weighted by molar-refractivity contribution is 8.00. The average Bonchev–Trinajstić information content (AvgIpc) is 2.84. The number of halogens is 2. The molecule has 0 radical (unpaired) electrons. The van der Waals surface area contributed by atoms with Gasteiger partial charge in [-0.3, -0.25) is 0 Å². The molecule has 0 amide bonds. The SMILES string of the molecule is Cc1cc(Cl)c(NCC2Cc3ccccc3S2)cc1Cl. The lowest BCUT2D eigenvalue weighted by Gasteiger charge is -2.13. The summed E-state index contributed by atoms with van der Waals surface area (Å²) >= 11 is 14.3. The molecule has 3 rings (SSSR count). The third-order valence-electron chi connectivity index (χ3n) is 3.48. The zero-order valence-electron chi connectivity index (χ0n) is 11.1. The van der Waals surface area contributed by atoms with Gasteiger partial charge in [-0.05, 0) is 42.7 Å². The molecule has 1 nitrogen and oxygen atoms in total. The van der Waals surface area contributed by atoms with Gasteiger partial charge in [-0.2, -0.15) is 0 Å². The van der Waals surface area contributed by atoms with Crippen LogP contribution in [0.25, 0.3) is 0 Å². The van der Waals surface area contributed by atoms with Crippen molar-refractivity contribution >= 4 is 40.7 Å². The van der Waals surface area contributed by atoms with Gasteiger partial charge in [0.25, 0.3) is 0 Å². The van der Waals surface area contributed by atoms with E-state index in [-0.39, 0.29) is 0 Å². The van der Waals surface area contributed by atoms with Crippen molar-refractivity contribution in [3.05, 3.63) is 57.6 Å². The minimum atomic E-state index is 0.545. The summed E-state index contributed by atoms with van der Waals surface area (Å²) in [5.74, 6) is 0. The fraction of sp³-hybridized carbons (Fsp3) is 0.250. The molecular weight excluding hydrogens is 309 g/mol. The zero-order valence-corrected chi connectivity index (χ0v) is 13.4. The lowest BCUT2D eigenvalue weighted by molar-refractivity contribution is 0.899. The number of nitrogens with one attached hydrogen (secondary N) is 1. The van der Waals surface area contributed by atoms with Gasteiger partial charge in [-0.1, -0.05) is 41.4 Å². The van der Waals surface area contributed by atoms with Crippen LogP contribution in [0.4, 0.5) is 5.69 Å². The maximum absolute atomic E-state index is 6.25. The Morgan fingerprint density at radius 1 is 1.20 bits per heavy atom. The van der Waals surface area contributed by atoms with Gasteiger partial charge in [0.2, 0.25) is 0 Å². The van der Waals surface area contributed by atoms with Crippen LogP contribution in [-0.2, 0) is 6.42 Å². The van der Waals surface area contributed by atoms with Gasteiger partial charge >= 0.3 is 0 Å². The predicted molar refractivity (Wildman–Crippen MR) is 89.5 cm³/mol. The van der Waals surface area contributed by atoms with E-state index in [1.807, 2.05) is 30.8 Å². The van der Waals surface area contributed by atoms with Crippen LogP contribution in [-0.4, -0.2) is 11.8 Å². The van der Waals surface area contributed by atoms with Crippen molar-refractivity contribution < 1.29 is 0 Å². The number of anilines is 1. The van der Waals surface area contributed by atoms with Crippen molar-refractivity contribution in [2.75, 3.05) is 11.9 Å².